The van der Waals surface area contributed by atoms with Crippen LogP contribution in [0.5, 0.6) is 0 Å². The van der Waals surface area contributed by atoms with Crippen molar-refractivity contribution in [2.45, 2.75) is 12.7 Å². The van der Waals surface area contributed by atoms with Gasteiger partial charge in [0.25, 0.3) is 5.91 Å². The van der Waals surface area contributed by atoms with Crippen LogP contribution in [0, 0.1) is 0 Å². The molecular weight excluding hydrogens is 317 g/mol. The second-order valence-electron chi connectivity index (χ2n) is 4.42. The van der Waals surface area contributed by atoms with Crippen molar-refractivity contribution in [1.29, 1.82) is 0 Å². The molecule has 9 heteroatoms. The molecule has 3 heterocycles. The van der Waals surface area contributed by atoms with Gasteiger partial charge in [0.05, 0.1) is 17.0 Å². The molecule has 0 aliphatic carbocycles. The zero-order valence-electron chi connectivity index (χ0n) is 11.0. The van der Waals surface area contributed by atoms with Gasteiger partial charge in [0.15, 0.2) is 11.5 Å². The third kappa shape index (κ3) is 2.80. The molecule has 1 N–H and O–H groups in total. The van der Waals surface area contributed by atoms with E-state index in [9.17, 15) is 18.0 Å². The average molecular weight is 326 g/mol. The molecule has 0 unspecified atom stereocenters. The van der Waals surface area contributed by atoms with Crippen LogP contribution in [-0.2, 0) is 12.7 Å². The molecule has 0 aromatic carbocycles. The highest BCUT2D eigenvalue weighted by Crippen LogP contribution is 2.29. The number of nitrogens with one attached hydrogen (secondary N) is 1. The Labute approximate surface area is 126 Å². The highest BCUT2D eigenvalue weighted by molar-refractivity contribution is 7.12. The van der Waals surface area contributed by atoms with Gasteiger partial charge in [-0.3, -0.25) is 9.20 Å². The van der Waals surface area contributed by atoms with Crippen LogP contribution in [0.1, 0.15) is 21.1 Å². The summed E-state index contributed by atoms with van der Waals surface area (Å²) in [5.41, 5.74) is -0.515. The van der Waals surface area contributed by atoms with Gasteiger partial charge in [-0.25, -0.2) is 0 Å². The standard InChI is InChI=1S/C13H9F3N4OS/c14-13(15,16)8-3-4-10-18-19-11(20(10)7-8)6-17-12(21)9-2-1-5-22-9/h1-5,7H,6H2,(H,17,21). The molecule has 0 atom stereocenters. The van der Waals surface area contributed by atoms with E-state index < -0.39 is 11.7 Å². The van der Waals surface area contributed by atoms with Gasteiger partial charge in [-0.2, -0.15) is 13.2 Å². The van der Waals surface area contributed by atoms with Crippen molar-refractivity contribution in [3.8, 4) is 0 Å². The maximum atomic E-state index is 12.7. The van der Waals surface area contributed by atoms with E-state index >= 15 is 0 Å². The van der Waals surface area contributed by atoms with E-state index in [-0.39, 0.29) is 23.9 Å². The Morgan fingerprint density at radius 1 is 1.27 bits per heavy atom. The lowest BCUT2D eigenvalue weighted by atomic mass is 10.3. The summed E-state index contributed by atoms with van der Waals surface area (Å²) in [6, 6.07) is 5.57. The monoisotopic (exact) mass is 326 g/mol. The van der Waals surface area contributed by atoms with Crippen molar-refractivity contribution >= 4 is 22.9 Å². The van der Waals surface area contributed by atoms with Gasteiger partial charge >= 0.3 is 6.18 Å². The van der Waals surface area contributed by atoms with E-state index in [1.54, 1.807) is 17.5 Å². The number of alkyl halides is 3. The summed E-state index contributed by atoms with van der Waals surface area (Å²) >= 11 is 1.27. The van der Waals surface area contributed by atoms with E-state index in [0.717, 1.165) is 12.3 Å². The van der Waals surface area contributed by atoms with E-state index in [2.05, 4.69) is 15.5 Å². The first-order valence-electron chi connectivity index (χ1n) is 6.18. The molecule has 0 saturated heterocycles. The smallest absolute Gasteiger partial charge is 0.344 e. The quantitative estimate of drug-likeness (QED) is 0.805. The van der Waals surface area contributed by atoms with Gasteiger partial charge in [0.1, 0.15) is 0 Å². The van der Waals surface area contributed by atoms with Crippen LogP contribution in [-0.4, -0.2) is 20.5 Å². The maximum absolute atomic E-state index is 12.7. The molecule has 5 nitrogen and oxygen atoms in total. The van der Waals surface area contributed by atoms with Gasteiger partial charge in [0, 0.05) is 6.20 Å². The summed E-state index contributed by atoms with van der Waals surface area (Å²) in [5, 5.41) is 12.0. The molecule has 0 fully saturated rings. The van der Waals surface area contributed by atoms with E-state index in [4.69, 9.17) is 0 Å². The Morgan fingerprint density at radius 3 is 2.77 bits per heavy atom. The van der Waals surface area contributed by atoms with Gasteiger partial charge < -0.3 is 5.32 Å². The lowest BCUT2D eigenvalue weighted by molar-refractivity contribution is -0.137. The summed E-state index contributed by atoms with van der Waals surface area (Å²) in [5.74, 6) is -0.0790. The third-order valence-electron chi connectivity index (χ3n) is 2.95. The zero-order valence-corrected chi connectivity index (χ0v) is 11.8. The molecule has 0 saturated carbocycles. The molecule has 0 aliphatic rings. The first-order valence-corrected chi connectivity index (χ1v) is 7.05. The molecule has 0 bridgehead atoms. The molecule has 22 heavy (non-hydrogen) atoms. The van der Waals surface area contributed by atoms with Crippen molar-refractivity contribution < 1.29 is 18.0 Å². The Kier molecular flexibility index (Phi) is 3.57. The predicted octanol–water partition coefficient (Wildman–Crippen LogP) is 2.74. The van der Waals surface area contributed by atoms with Gasteiger partial charge in [-0.15, -0.1) is 21.5 Å². The maximum Gasteiger partial charge on any atom is 0.417 e. The number of hydrogen-bond acceptors (Lipinski definition) is 4. The van der Waals surface area contributed by atoms with Gasteiger partial charge in [0.2, 0.25) is 0 Å². The Bertz CT molecular complexity index is 810. The zero-order chi connectivity index (χ0) is 15.7. The predicted molar refractivity (Wildman–Crippen MR) is 73.5 cm³/mol. The number of carbonyl (C=O) groups excluding carboxylic acids is 1. The number of aromatic nitrogens is 3. The lowest BCUT2D eigenvalue weighted by Crippen LogP contribution is -2.23. The topological polar surface area (TPSA) is 59.3 Å². The summed E-state index contributed by atoms with van der Waals surface area (Å²) in [6.45, 7) is -0.0147. The van der Waals surface area contributed by atoms with Crippen LogP contribution < -0.4 is 5.32 Å². The Morgan fingerprint density at radius 2 is 2.09 bits per heavy atom. The minimum atomic E-state index is -4.45. The molecular formula is C13H9F3N4OS. The number of carbonyl (C=O) groups is 1. The number of halogens is 3. The second-order valence-corrected chi connectivity index (χ2v) is 5.37. The third-order valence-corrected chi connectivity index (χ3v) is 3.82. The number of fused-ring (bicyclic) bond motifs is 1. The van der Waals surface area contributed by atoms with Crippen molar-refractivity contribution in [3.05, 3.63) is 52.1 Å². The number of rotatable bonds is 3. The molecule has 3 aromatic rings. The number of hydrogen-bond donors (Lipinski definition) is 1. The fourth-order valence-corrected chi connectivity index (χ4v) is 2.52. The Balaban J connectivity index is 1.83. The fourth-order valence-electron chi connectivity index (χ4n) is 1.88. The highest BCUT2D eigenvalue weighted by atomic mass is 32.1. The minimum absolute atomic E-state index is 0.0147. The van der Waals surface area contributed by atoms with Crippen LogP contribution in [0.15, 0.2) is 35.8 Å². The molecule has 3 aromatic heterocycles. The largest absolute Gasteiger partial charge is 0.417 e. The summed E-state index contributed by atoms with van der Waals surface area (Å²) in [4.78, 5) is 12.3. The molecule has 0 spiro atoms. The van der Waals surface area contributed by atoms with Crippen LogP contribution in [0.3, 0.4) is 0 Å². The van der Waals surface area contributed by atoms with E-state index in [1.165, 1.54) is 21.8 Å². The first kappa shape index (κ1) is 14.5. The summed E-state index contributed by atoms with van der Waals surface area (Å²) < 4.78 is 39.4. The molecule has 3 rings (SSSR count). The molecule has 114 valence electrons. The number of pyridine rings is 1. The summed E-state index contributed by atoms with van der Waals surface area (Å²) in [7, 11) is 0. The summed E-state index contributed by atoms with van der Waals surface area (Å²) in [6.07, 6.45) is -3.53. The van der Waals surface area contributed by atoms with Crippen LogP contribution in [0.4, 0.5) is 13.2 Å². The fraction of sp³-hybridized carbons (Fsp3) is 0.154. The second kappa shape index (κ2) is 5.41. The van der Waals surface area contributed by atoms with Crippen molar-refractivity contribution in [1.82, 2.24) is 19.9 Å². The lowest BCUT2D eigenvalue weighted by Gasteiger charge is -2.07. The van der Waals surface area contributed by atoms with Crippen LogP contribution in [0.25, 0.3) is 5.65 Å². The molecule has 0 radical (unpaired) electrons. The van der Waals surface area contributed by atoms with E-state index in [0.29, 0.717) is 4.88 Å². The highest BCUT2D eigenvalue weighted by Gasteiger charge is 2.31. The van der Waals surface area contributed by atoms with Crippen LogP contribution >= 0.6 is 11.3 Å². The molecule has 1 amide bonds. The average Bonchev–Trinajstić information content (AvgIpc) is 3.13. The Hall–Kier alpha value is -2.42. The number of amides is 1. The number of thiophene rings is 1. The van der Waals surface area contributed by atoms with Crippen molar-refractivity contribution in [3.63, 3.8) is 0 Å². The van der Waals surface area contributed by atoms with Gasteiger partial charge in [-0.05, 0) is 23.6 Å². The molecule has 0 aliphatic heterocycles. The SMILES string of the molecule is O=C(NCc1nnc2ccc(C(F)(F)F)cn12)c1cccs1. The first-order chi connectivity index (χ1) is 10.4. The van der Waals surface area contributed by atoms with Crippen LogP contribution in [0.2, 0.25) is 0 Å². The van der Waals surface area contributed by atoms with Gasteiger partial charge in [-0.1, -0.05) is 6.07 Å². The minimum Gasteiger partial charge on any atom is -0.344 e. The van der Waals surface area contributed by atoms with Crippen molar-refractivity contribution in [2.75, 3.05) is 0 Å². The normalized spacial score (nSPS) is 11.8. The van der Waals surface area contributed by atoms with Crippen molar-refractivity contribution in [2.24, 2.45) is 0 Å². The number of nitrogens with zero attached hydrogens (tertiary/aromatic N) is 3. The van der Waals surface area contributed by atoms with E-state index in [1.807, 2.05) is 0 Å².